The molecule has 21 heavy (non-hydrogen) atoms. The Morgan fingerprint density at radius 1 is 1.19 bits per heavy atom. The zero-order chi connectivity index (χ0) is 15.5. The van der Waals surface area contributed by atoms with Crippen LogP contribution in [0.2, 0.25) is 0 Å². The van der Waals surface area contributed by atoms with Gasteiger partial charge in [-0.05, 0) is 31.9 Å². The molecule has 2 N–H and O–H groups in total. The van der Waals surface area contributed by atoms with Crippen LogP contribution < -0.4 is 10.1 Å². The second kappa shape index (κ2) is 10.6. The third-order valence-electron chi connectivity index (χ3n) is 3.72. The fourth-order valence-electron chi connectivity index (χ4n) is 2.28. The minimum absolute atomic E-state index is 0.334. The molecule has 0 heterocycles. The number of ether oxygens (including phenoxy) is 1. The van der Waals surface area contributed by atoms with Crippen LogP contribution in [0.25, 0.3) is 0 Å². The Labute approximate surface area is 129 Å². The molecule has 1 aromatic rings. The minimum Gasteiger partial charge on any atom is -0.491 e. The number of aliphatic hydroxyl groups is 1. The van der Waals surface area contributed by atoms with Crippen molar-refractivity contribution in [3.8, 4) is 5.75 Å². The molecule has 1 rings (SSSR count). The molecule has 120 valence electrons. The second-order valence-corrected chi connectivity index (χ2v) is 5.89. The summed E-state index contributed by atoms with van der Waals surface area (Å²) >= 11 is 0. The van der Waals surface area contributed by atoms with E-state index in [9.17, 15) is 5.11 Å². The summed E-state index contributed by atoms with van der Waals surface area (Å²) < 4.78 is 5.65. The average Bonchev–Trinajstić information content (AvgIpc) is 2.48. The van der Waals surface area contributed by atoms with Crippen molar-refractivity contribution in [3.05, 3.63) is 29.8 Å². The van der Waals surface area contributed by atoms with E-state index in [1.807, 2.05) is 31.2 Å². The van der Waals surface area contributed by atoms with E-state index in [1.165, 1.54) is 32.1 Å². The maximum atomic E-state index is 9.97. The van der Waals surface area contributed by atoms with Crippen molar-refractivity contribution in [2.24, 2.45) is 0 Å². The van der Waals surface area contributed by atoms with E-state index in [4.69, 9.17) is 4.74 Å². The fraction of sp³-hybridized carbons (Fsp3) is 0.667. The Bertz CT molecular complexity index is 381. The van der Waals surface area contributed by atoms with Crippen molar-refractivity contribution in [2.75, 3.05) is 13.2 Å². The third-order valence-corrected chi connectivity index (χ3v) is 3.72. The van der Waals surface area contributed by atoms with E-state index in [1.54, 1.807) is 0 Å². The normalized spacial score (nSPS) is 13.9. The van der Waals surface area contributed by atoms with Gasteiger partial charge in [-0.25, -0.2) is 0 Å². The van der Waals surface area contributed by atoms with Gasteiger partial charge in [0, 0.05) is 12.6 Å². The quantitative estimate of drug-likeness (QED) is 0.612. The number of unbranched alkanes of at least 4 members (excludes halogenated alkanes) is 3. The zero-order valence-electron chi connectivity index (χ0n) is 13.8. The zero-order valence-corrected chi connectivity index (χ0v) is 13.8. The van der Waals surface area contributed by atoms with Gasteiger partial charge < -0.3 is 15.2 Å². The van der Waals surface area contributed by atoms with Gasteiger partial charge in [-0.2, -0.15) is 0 Å². The molecule has 0 radical (unpaired) electrons. The van der Waals surface area contributed by atoms with Crippen LogP contribution in [0.1, 0.15) is 51.5 Å². The number of aliphatic hydroxyl groups excluding tert-OH is 1. The molecule has 0 spiro atoms. The lowest BCUT2D eigenvalue weighted by Gasteiger charge is -2.18. The third kappa shape index (κ3) is 8.08. The topological polar surface area (TPSA) is 41.5 Å². The summed E-state index contributed by atoms with van der Waals surface area (Å²) in [5.41, 5.74) is 1.10. The predicted octanol–water partition coefficient (Wildman–Crippen LogP) is 3.68. The van der Waals surface area contributed by atoms with Gasteiger partial charge in [0.05, 0.1) is 0 Å². The predicted molar refractivity (Wildman–Crippen MR) is 88.9 cm³/mol. The van der Waals surface area contributed by atoms with Gasteiger partial charge >= 0.3 is 0 Å². The summed E-state index contributed by atoms with van der Waals surface area (Å²) in [4.78, 5) is 0. The minimum atomic E-state index is -0.470. The number of rotatable bonds is 11. The van der Waals surface area contributed by atoms with Crippen LogP contribution in [0.15, 0.2) is 24.3 Å². The molecule has 0 saturated carbocycles. The summed E-state index contributed by atoms with van der Waals surface area (Å²) in [6.45, 7) is 7.34. The average molecular weight is 293 g/mol. The first-order chi connectivity index (χ1) is 10.1. The number of nitrogens with one attached hydrogen (secondary N) is 1. The van der Waals surface area contributed by atoms with Crippen molar-refractivity contribution < 1.29 is 9.84 Å². The summed E-state index contributed by atoms with van der Waals surface area (Å²) in [5.74, 6) is 0.851. The molecule has 3 heteroatoms. The largest absolute Gasteiger partial charge is 0.491 e. The van der Waals surface area contributed by atoms with Gasteiger partial charge in [0.2, 0.25) is 0 Å². The van der Waals surface area contributed by atoms with Gasteiger partial charge in [0.15, 0.2) is 0 Å². The molecule has 0 fully saturated rings. The van der Waals surface area contributed by atoms with E-state index in [-0.39, 0.29) is 0 Å². The standard InChI is InChI=1S/C18H31NO2/c1-4-5-6-7-11-16(3)19-13-17(20)14-21-18-12-9-8-10-15(18)2/h8-10,12,16-17,19-20H,4-7,11,13-14H2,1-3H3. The Morgan fingerprint density at radius 2 is 1.95 bits per heavy atom. The number of benzene rings is 1. The van der Waals surface area contributed by atoms with Crippen LogP contribution in [0, 0.1) is 6.92 Å². The molecule has 3 nitrogen and oxygen atoms in total. The van der Waals surface area contributed by atoms with Crippen LogP contribution in [-0.4, -0.2) is 30.4 Å². The van der Waals surface area contributed by atoms with Crippen LogP contribution in [0.5, 0.6) is 5.75 Å². The van der Waals surface area contributed by atoms with Crippen molar-refractivity contribution in [2.45, 2.75) is 65.0 Å². The van der Waals surface area contributed by atoms with E-state index < -0.39 is 6.10 Å². The van der Waals surface area contributed by atoms with Crippen molar-refractivity contribution in [1.82, 2.24) is 5.32 Å². The summed E-state index contributed by atoms with van der Waals surface area (Å²) in [5, 5.41) is 13.4. The van der Waals surface area contributed by atoms with Gasteiger partial charge in [-0.1, -0.05) is 50.8 Å². The van der Waals surface area contributed by atoms with Gasteiger partial charge in [-0.3, -0.25) is 0 Å². The molecular weight excluding hydrogens is 262 g/mol. The number of para-hydroxylation sites is 1. The molecule has 0 aliphatic carbocycles. The Balaban J connectivity index is 2.13. The van der Waals surface area contributed by atoms with Crippen LogP contribution >= 0.6 is 0 Å². The monoisotopic (exact) mass is 293 g/mol. The maximum Gasteiger partial charge on any atom is 0.122 e. The maximum absolute atomic E-state index is 9.97. The molecule has 0 bridgehead atoms. The van der Waals surface area contributed by atoms with E-state index in [0.717, 1.165) is 11.3 Å². The fourth-order valence-corrected chi connectivity index (χ4v) is 2.28. The highest BCUT2D eigenvalue weighted by atomic mass is 16.5. The highest BCUT2D eigenvalue weighted by molar-refractivity contribution is 5.31. The first-order valence-corrected chi connectivity index (χ1v) is 8.23. The highest BCUT2D eigenvalue weighted by Gasteiger charge is 2.08. The first-order valence-electron chi connectivity index (χ1n) is 8.23. The van der Waals surface area contributed by atoms with Gasteiger partial charge in [-0.15, -0.1) is 0 Å². The lowest BCUT2D eigenvalue weighted by Crippen LogP contribution is -2.36. The Kier molecular flexibility index (Phi) is 9.11. The van der Waals surface area contributed by atoms with Crippen molar-refractivity contribution >= 4 is 0 Å². The summed E-state index contributed by atoms with van der Waals surface area (Å²) in [7, 11) is 0. The molecule has 0 aromatic heterocycles. The van der Waals surface area contributed by atoms with E-state index in [0.29, 0.717) is 19.2 Å². The molecule has 2 atom stereocenters. The molecule has 0 aliphatic rings. The molecule has 1 aromatic carbocycles. The number of hydrogen-bond donors (Lipinski definition) is 2. The van der Waals surface area contributed by atoms with Crippen LogP contribution in [0.4, 0.5) is 0 Å². The second-order valence-electron chi connectivity index (χ2n) is 5.89. The molecule has 0 aliphatic heterocycles. The summed E-state index contributed by atoms with van der Waals surface area (Å²) in [6.07, 6.45) is 5.86. The molecular formula is C18H31NO2. The Morgan fingerprint density at radius 3 is 2.67 bits per heavy atom. The number of hydrogen-bond acceptors (Lipinski definition) is 3. The van der Waals surface area contributed by atoms with Gasteiger partial charge in [0.25, 0.3) is 0 Å². The number of aryl methyl sites for hydroxylation is 1. The Hall–Kier alpha value is -1.06. The lowest BCUT2D eigenvalue weighted by molar-refractivity contribution is 0.103. The van der Waals surface area contributed by atoms with Crippen LogP contribution in [-0.2, 0) is 0 Å². The highest BCUT2D eigenvalue weighted by Crippen LogP contribution is 2.16. The lowest BCUT2D eigenvalue weighted by atomic mass is 10.1. The molecule has 0 amide bonds. The van der Waals surface area contributed by atoms with Crippen molar-refractivity contribution in [1.29, 1.82) is 0 Å². The van der Waals surface area contributed by atoms with E-state index in [2.05, 4.69) is 19.2 Å². The summed E-state index contributed by atoms with van der Waals surface area (Å²) in [6, 6.07) is 8.34. The molecule has 0 saturated heterocycles. The van der Waals surface area contributed by atoms with Crippen LogP contribution in [0.3, 0.4) is 0 Å². The first kappa shape index (κ1) is 18.0. The van der Waals surface area contributed by atoms with E-state index >= 15 is 0 Å². The molecule has 2 unspecified atom stereocenters. The SMILES string of the molecule is CCCCCCC(C)NCC(O)COc1ccccc1C. The smallest absolute Gasteiger partial charge is 0.122 e. The van der Waals surface area contributed by atoms with Gasteiger partial charge in [0.1, 0.15) is 18.5 Å². The van der Waals surface area contributed by atoms with Crippen molar-refractivity contribution in [3.63, 3.8) is 0 Å².